The van der Waals surface area contributed by atoms with Gasteiger partial charge in [0.2, 0.25) is 5.91 Å². The van der Waals surface area contributed by atoms with Crippen LogP contribution in [-0.2, 0) is 4.79 Å². The number of anilines is 1. The van der Waals surface area contributed by atoms with Gasteiger partial charge in [0.25, 0.3) is 0 Å². The Labute approximate surface area is 149 Å². The summed E-state index contributed by atoms with van der Waals surface area (Å²) in [6, 6.07) is 8.19. The molecular weight excluding hydrogens is 322 g/mol. The smallest absolute Gasteiger partial charge is 0.220 e. The predicted octanol–water partition coefficient (Wildman–Crippen LogP) is 3.20. The molecular formula is C19H28ClN3O. The SMILES string of the molecule is O=C(CCC1CCNCC1)NC1CCCN(c2ccccc2Cl)C1. The van der Waals surface area contributed by atoms with Gasteiger partial charge in [-0.3, -0.25) is 4.79 Å². The van der Waals surface area contributed by atoms with Crippen LogP contribution in [0.4, 0.5) is 5.69 Å². The first kappa shape index (κ1) is 17.6. The molecule has 1 unspecified atom stereocenters. The molecule has 24 heavy (non-hydrogen) atoms. The molecule has 2 aliphatic rings. The summed E-state index contributed by atoms with van der Waals surface area (Å²) in [4.78, 5) is 14.6. The van der Waals surface area contributed by atoms with Gasteiger partial charge < -0.3 is 15.5 Å². The van der Waals surface area contributed by atoms with Crippen molar-refractivity contribution in [2.45, 2.75) is 44.6 Å². The monoisotopic (exact) mass is 349 g/mol. The highest BCUT2D eigenvalue weighted by Crippen LogP contribution is 2.27. The first-order valence-corrected chi connectivity index (χ1v) is 9.60. The summed E-state index contributed by atoms with van der Waals surface area (Å²) in [5, 5.41) is 7.40. The molecule has 2 saturated heterocycles. The van der Waals surface area contributed by atoms with E-state index >= 15 is 0 Å². The Balaban J connectivity index is 1.46. The Kier molecular flexibility index (Phi) is 6.38. The molecule has 2 heterocycles. The van der Waals surface area contributed by atoms with Crippen LogP contribution in [0.25, 0.3) is 0 Å². The maximum absolute atomic E-state index is 12.3. The van der Waals surface area contributed by atoms with E-state index in [0.717, 1.165) is 56.2 Å². The molecule has 2 N–H and O–H groups in total. The quantitative estimate of drug-likeness (QED) is 0.858. The molecule has 0 spiro atoms. The molecule has 0 aromatic heterocycles. The zero-order valence-electron chi connectivity index (χ0n) is 14.3. The zero-order valence-corrected chi connectivity index (χ0v) is 15.0. The normalized spacial score (nSPS) is 22.4. The van der Waals surface area contributed by atoms with E-state index in [-0.39, 0.29) is 11.9 Å². The zero-order chi connectivity index (χ0) is 16.8. The molecule has 132 valence electrons. The molecule has 1 aromatic rings. The lowest BCUT2D eigenvalue weighted by Gasteiger charge is -2.35. The number of rotatable bonds is 5. The molecule has 0 aliphatic carbocycles. The van der Waals surface area contributed by atoms with Crippen molar-refractivity contribution in [3.63, 3.8) is 0 Å². The molecule has 1 amide bonds. The molecule has 5 heteroatoms. The van der Waals surface area contributed by atoms with Gasteiger partial charge in [0.05, 0.1) is 10.7 Å². The number of para-hydroxylation sites is 1. The van der Waals surface area contributed by atoms with Crippen molar-refractivity contribution in [3.05, 3.63) is 29.3 Å². The van der Waals surface area contributed by atoms with Gasteiger partial charge in [-0.2, -0.15) is 0 Å². The lowest BCUT2D eigenvalue weighted by molar-refractivity contribution is -0.122. The number of hydrogen-bond donors (Lipinski definition) is 2. The highest BCUT2D eigenvalue weighted by atomic mass is 35.5. The number of benzene rings is 1. The Morgan fingerprint density at radius 2 is 2.04 bits per heavy atom. The van der Waals surface area contributed by atoms with E-state index in [0.29, 0.717) is 12.3 Å². The van der Waals surface area contributed by atoms with Gasteiger partial charge in [0, 0.05) is 25.6 Å². The first-order chi connectivity index (χ1) is 11.7. The highest BCUT2D eigenvalue weighted by Gasteiger charge is 2.23. The number of amides is 1. The fourth-order valence-corrected chi connectivity index (χ4v) is 4.08. The fourth-order valence-electron chi connectivity index (χ4n) is 3.83. The standard InChI is InChI=1S/C19H28ClN3O/c20-17-5-1-2-6-18(17)23-13-3-4-16(14-23)22-19(24)8-7-15-9-11-21-12-10-15/h1-2,5-6,15-16,21H,3-4,7-14H2,(H,22,24). The summed E-state index contributed by atoms with van der Waals surface area (Å²) in [5.74, 6) is 0.919. The number of hydrogen-bond acceptors (Lipinski definition) is 3. The van der Waals surface area contributed by atoms with Crippen LogP contribution >= 0.6 is 11.6 Å². The predicted molar refractivity (Wildman–Crippen MR) is 99.7 cm³/mol. The third-order valence-electron chi connectivity index (χ3n) is 5.22. The minimum absolute atomic E-state index is 0.208. The van der Waals surface area contributed by atoms with Gasteiger partial charge in [-0.1, -0.05) is 23.7 Å². The second-order valence-corrected chi connectivity index (χ2v) is 7.44. The molecule has 2 aliphatic heterocycles. The summed E-state index contributed by atoms with van der Waals surface area (Å²) in [6.07, 6.45) is 6.24. The van der Waals surface area contributed by atoms with Crippen LogP contribution in [0.15, 0.2) is 24.3 Å². The van der Waals surface area contributed by atoms with E-state index in [2.05, 4.69) is 21.6 Å². The van der Waals surface area contributed by atoms with Crippen molar-refractivity contribution in [1.82, 2.24) is 10.6 Å². The van der Waals surface area contributed by atoms with Crippen LogP contribution < -0.4 is 15.5 Å². The van der Waals surface area contributed by atoms with Crippen molar-refractivity contribution in [2.75, 3.05) is 31.1 Å². The topological polar surface area (TPSA) is 44.4 Å². The van der Waals surface area contributed by atoms with Gasteiger partial charge in [-0.05, 0) is 63.2 Å². The highest BCUT2D eigenvalue weighted by molar-refractivity contribution is 6.33. The lowest BCUT2D eigenvalue weighted by Crippen LogP contribution is -2.48. The molecule has 3 rings (SSSR count). The first-order valence-electron chi connectivity index (χ1n) is 9.22. The summed E-state index contributed by atoms with van der Waals surface area (Å²) >= 11 is 6.31. The number of carbonyl (C=O) groups excluding carboxylic acids is 1. The van der Waals surface area contributed by atoms with Crippen LogP contribution in [0.1, 0.15) is 38.5 Å². The van der Waals surface area contributed by atoms with Crippen LogP contribution in [-0.4, -0.2) is 38.1 Å². The second-order valence-electron chi connectivity index (χ2n) is 7.04. The summed E-state index contributed by atoms with van der Waals surface area (Å²) in [7, 11) is 0. The van der Waals surface area contributed by atoms with Crippen molar-refractivity contribution in [3.8, 4) is 0 Å². The van der Waals surface area contributed by atoms with Gasteiger partial charge in [0.15, 0.2) is 0 Å². The van der Waals surface area contributed by atoms with Crippen LogP contribution in [0.2, 0.25) is 5.02 Å². The summed E-state index contributed by atoms with van der Waals surface area (Å²) in [6.45, 7) is 4.05. The van der Waals surface area contributed by atoms with Crippen LogP contribution in [0.3, 0.4) is 0 Å². The van der Waals surface area contributed by atoms with E-state index in [1.807, 2.05) is 18.2 Å². The molecule has 0 radical (unpaired) electrons. The second kappa shape index (κ2) is 8.72. The maximum Gasteiger partial charge on any atom is 0.220 e. The molecule has 0 bridgehead atoms. The van der Waals surface area contributed by atoms with Crippen molar-refractivity contribution in [1.29, 1.82) is 0 Å². The van der Waals surface area contributed by atoms with Crippen LogP contribution in [0, 0.1) is 5.92 Å². The Morgan fingerprint density at radius 3 is 2.83 bits per heavy atom. The number of halogens is 1. The lowest BCUT2D eigenvalue weighted by atomic mass is 9.93. The largest absolute Gasteiger partial charge is 0.368 e. The molecule has 0 saturated carbocycles. The summed E-state index contributed by atoms with van der Waals surface area (Å²) in [5.41, 5.74) is 1.08. The van der Waals surface area contributed by atoms with E-state index in [9.17, 15) is 4.79 Å². The maximum atomic E-state index is 12.3. The third-order valence-corrected chi connectivity index (χ3v) is 5.54. The number of nitrogens with zero attached hydrogens (tertiary/aromatic N) is 1. The number of nitrogens with one attached hydrogen (secondary N) is 2. The van der Waals surface area contributed by atoms with Crippen molar-refractivity contribution < 1.29 is 4.79 Å². The molecule has 1 aromatic carbocycles. The van der Waals surface area contributed by atoms with Gasteiger partial charge >= 0.3 is 0 Å². The third kappa shape index (κ3) is 4.87. The summed E-state index contributed by atoms with van der Waals surface area (Å²) < 4.78 is 0. The minimum Gasteiger partial charge on any atom is -0.368 e. The number of carbonyl (C=O) groups is 1. The number of piperidine rings is 2. The Hall–Kier alpha value is -1.26. The molecule has 1 atom stereocenters. The van der Waals surface area contributed by atoms with Gasteiger partial charge in [-0.25, -0.2) is 0 Å². The van der Waals surface area contributed by atoms with E-state index in [1.165, 1.54) is 12.8 Å². The van der Waals surface area contributed by atoms with E-state index in [1.54, 1.807) is 0 Å². The Morgan fingerprint density at radius 1 is 1.25 bits per heavy atom. The van der Waals surface area contributed by atoms with Crippen molar-refractivity contribution >= 4 is 23.2 Å². The Bertz CT molecular complexity index is 545. The molecule has 4 nitrogen and oxygen atoms in total. The molecule has 2 fully saturated rings. The average molecular weight is 350 g/mol. The van der Waals surface area contributed by atoms with Crippen LogP contribution in [0.5, 0.6) is 0 Å². The van der Waals surface area contributed by atoms with E-state index in [4.69, 9.17) is 11.6 Å². The van der Waals surface area contributed by atoms with Gasteiger partial charge in [-0.15, -0.1) is 0 Å². The average Bonchev–Trinajstić information content (AvgIpc) is 2.61. The van der Waals surface area contributed by atoms with E-state index < -0.39 is 0 Å². The van der Waals surface area contributed by atoms with Gasteiger partial charge in [0.1, 0.15) is 0 Å². The van der Waals surface area contributed by atoms with Crippen molar-refractivity contribution in [2.24, 2.45) is 5.92 Å². The minimum atomic E-state index is 0.208. The fraction of sp³-hybridized carbons (Fsp3) is 0.632.